The van der Waals surface area contributed by atoms with Gasteiger partial charge in [-0.3, -0.25) is 4.79 Å². The smallest absolute Gasteiger partial charge is 0.375 e. The molecule has 4 rings (SSSR count). The molecule has 0 aliphatic carbocycles. The minimum atomic E-state index is -0.491. The lowest BCUT2D eigenvalue weighted by atomic mass is 9.98. The molecule has 0 saturated carbocycles. The largest absolute Gasteiger partial charge is 0.493 e. The number of furan rings is 1. The minimum absolute atomic E-state index is 0.135. The van der Waals surface area contributed by atoms with Gasteiger partial charge in [-0.15, -0.1) is 0 Å². The van der Waals surface area contributed by atoms with Gasteiger partial charge >= 0.3 is 5.97 Å². The summed E-state index contributed by atoms with van der Waals surface area (Å²) in [5, 5.41) is 1.45. The van der Waals surface area contributed by atoms with E-state index in [9.17, 15) is 9.59 Å². The van der Waals surface area contributed by atoms with Gasteiger partial charge in [-0.1, -0.05) is 25.5 Å². The highest BCUT2D eigenvalue weighted by atomic mass is 16.5. The number of ether oxygens (including phenoxy) is 4. The second-order valence-corrected chi connectivity index (χ2v) is 8.45. The molecule has 1 aliphatic heterocycles. The summed E-state index contributed by atoms with van der Waals surface area (Å²) in [4.78, 5) is 24.4. The number of carbonyl (C=O) groups is 2. The summed E-state index contributed by atoms with van der Waals surface area (Å²) < 4.78 is 28.4. The number of ketones is 1. The van der Waals surface area contributed by atoms with Crippen molar-refractivity contribution in [3.63, 3.8) is 0 Å². The summed E-state index contributed by atoms with van der Waals surface area (Å²) in [6.45, 7) is 5.67. The quantitative estimate of drug-likeness (QED) is 0.227. The molecule has 1 aromatic heterocycles. The molecule has 2 heterocycles. The summed E-state index contributed by atoms with van der Waals surface area (Å²) in [6, 6.07) is 9.30. The maximum Gasteiger partial charge on any atom is 0.375 e. The molecule has 35 heavy (non-hydrogen) atoms. The number of fused-ring (bicyclic) bond motifs is 2. The highest BCUT2D eigenvalue weighted by Gasteiger charge is 2.24. The van der Waals surface area contributed by atoms with Crippen molar-refractivity contribution in [2.75, 3.05) is 26.4 Å². The molecule has 0 amide bonds. The zero-order chi connectivity index (χ0) is 24.6. The van der Waals surface area contributed by atoms with E-state index >= 15 is 0 Å². The molecule has 3 aromatic rings. The Morgan fingerprint density at radius 1 is 1.00 bits per heavy atom. The molecule has 2 aromatic carbocycles. The normalized spacial score (nSPS) is 12.8. The zero-order valence-corrected chi connectivity index (χ0v) is 20.4. The molecule has 0 atom stereocenters. The molecule has 0 bridgehead atoms. The molecular weight excluding hydrogens is 448 g/mol. The maximum atomic E-state index is 12.2. The van der Waals surface area contributed by atoms with Gasteiger partial charge in [0.15, 0.2) is 5.78 Å². The first-order chi connectivity index (χ1) is 17.1. The number of esters is 1. The SMILES string of the molecule is CCCc1c(OCCCCCOc2cccc3coc(C(=O)OCC)c23)ccc2c1OCCC2=O. The van der Waals surface area contributed by atoms with Crippen molar-refractivity contribution in [2.45, 2.75) is 52.4 Å². The number of hydrogen-bond acceptors (Lipinski definition) is 7. The van der Waals surface area contributed by atoms with Crippen LogP contribution in [0.4, 0.5) is 0 Å². The molecule has 0 fully saturated rings. The molecule has 186 valence electrons. The monoisotopic (exact) mass is 480 g/mol. The number of rotatable bonds is 12. The van der Waals surface area contributed by atoms with Crippen LogP contribution in [0.3, 0.4) is 0 Å². The third-order valence-electron chi connectivity index (χ3n) is 5.95. The number of unbranched alkanes of at least 4 members (excludes halogenated alkanes) is 2. The van der Waals surface area contributed by atoms with Crippen LogP contribution >= 0.6 is 0 Å². The van der Waals surface area contributed by atoms with Gasteiger partial charge in [-0.25, -0.2) is 4.79 Å². The van der Waals surface area contributed by atoms with Gasteiger partial charge in [-0.2, -0.15) is 0 Å². The van der Waals surface area contributed by atoms with E-state index in [1.807, 2.05) is 30.3 Å². The highest BCUT2D eigenvalue weighted by molar-refractivity contribution is 6.05. The lowest BCUT2D eigenvalue weighted by molar-refractivity contribution is 0.0492. The molecule has 0 saturated heterocycles. The minimum Gasteiger partial charge on any atom is -0.493 e. The Kier molecular flexibility index (Phi) is 8.29. The van der Waals surface area contributed by atoms with Crippen LogP contribution in [0.15, 0.2) is 41.0 Å². The summed E-state index contributed by atoms with van der Waals surface area (Å²) in [7, 11) is 0. The van der Waals surface area contributed by atoms with Gasteiger partial charge in [0, 0.05) is 17.4 Å². The Bertz CT molecular complexity index is 1180. The van der Waals surface area contributed by atoms with Gasteiger partial charge in [0.05, 0.1) is 43.6 Å². The third-order valence-corrected chi connectivity index (χ3v) is 5.95. The molecule has 0 unspecified atom stereocenters. The maximum absolute atomic E-state index is 12.2. The van der Waals surface area contributed by atoms with Crippen molar-refractivity contribution in [3.05, 3.63) is 53.5 Å². The molecule has 0 spiro atoms. The van der Waals surface area contributed by atoms with Gasteiger partial charge in [0.1, 0.15) is 17.2 Å². The Morgan fingerprint density at radius 2 is 1.80 bits per heavy atom. The Hall–Kier alpha value is -3.48. The topological polar surface area (TPSA) is 84.2 Å². The Labute approximate surface area is 205 Å². The molecule has 0 N–H and O–H groups in total. The molecule has 7 heteroatoms. The van der Waals surface area contributed by atoms with E-state index in [1.54, 1.807) is 13.2 Å². The van der Waals surface area contributed by atoms with Gasteiger partial charge in [0.2, 0.25) is 5.76 Å². The van der Waals surface area contributed by atoms with E-state index < -0.39 is 5.97 Å². The number of carbonyl (C=O) groups excluding carboxylic acids is 2. The second kappa shape index (κ2) is 11.8. The van der Waals surface area contributed by atoms with Crippen LogP contribution in [0.1, 0.15) is 72.4 Å². The lowest BCUT2D eigenvalue weighted by Gasteiger charge is -2.22. The first-order valence-corrected chi connectivity index (χ1v) is 12.4. The van der Waals surface area contributed by atoms with E-state index in [0.717, 1.165) is 48.8 Å². The first kappa shape index (κ1) is 24.6. The molecular formula is C28H32O7. The predicted octanol–water partition coefficient (Wildman–Crippen LogP) is 6.16. The number of Topliss-reactive ketones (excluding diaryl/α,β-unsaturated/α-hetero) is 1. The summed E-state index contributed by atoms with van der Waals surface area (Å²) in [5.74, 6) is 1.93. The fourth-order valence-corrected chi connectivity index (χ4v) is 4.28. The van der Waals surface area contributed by atoms with Crippen molar-refractivity contribution < 1.29 is 33.0 Å². The van der Waals surface area contributed by atoms with Crippen LogP contribution in [0.2, 0.25) is 0 Å². The summed E-state index contributed by atoms with van der Waals surface area (Å²) >= 11 is 0. The lowest BCUT2D eigenvalue weighted by Crippen LogP contribution is -2.17. The van der Waals surface area contributed by atoms with Crippen LogP contribution in [-0.4, -0.2) is 38.2 Å². The standard InChI is InChI=1S/C28H32O7/c1-3-9-21-23(13-12-20-22(29)14-17-34-26(20)21)32-15-6-5-7-16-33-24-11-8-10-19-18-35-27(25(19)24)28(30)31-4-2/h8,10-13,18H,3-7,9,14-17H2,1-2H3. The fourth-order valence-electron chi connectivity index (χ4n) is 4.28. The van der Waals surface area contributed by atoms with Crippen LogP contribution in [-0.2, 0) is 11.2 Å². The Morgan fingerprint density at radius 3 is 2.57 bits per heavy atom. The number of hydrogen-bond donors (Lipinski definition) is 0. The highest BCUT2D eigenvalue weighted by Crippen LogP contribution is 2.36. The summed E-state index contributed by atoms with van der Waals surface area (Å²) in [6.07, 6.45) is 6.37. The van der Waals surface area contributed by atoms with Crippen LogP contribution in [0.5, 0.6) is 17.2 Å². The zero-order valence-electron chi connectivity index (χ0n) is 20.4. The fraction of sp³-hybridized carbons (Fsp3) is 0.429. The van der Waals surface area contributed by atoms with Crippen LogP contribution in [0.25, 0.3) is 10.8 Å². The van der Waals surface area contributed by atoms with Crippen LogP contribution < -0.4 is 14.2 Å². The van der Waals surface area contributed by atoms with Gasteiger partial charge in [0.25, 0.3) is 0 Å². The van der Waals surface area contributed by atoms with Crippen molar-refractivity contribution >= 4 is 22.5 Å². The third kappa shape index (κ3) is 5.61. The van der Waals surface area contributed by atoms with Crippen molar-refractivity contribution in [3.8, 4) is 17.2 Å². The van der Waals surface area contributed by atoms with Crippen LogP contribution in [0, 0.1) is 0 Å². The number of benzene rings is 2. The second-order valence-electron chi connectivity index (χ2n) is 8.45. The summed E-state index contributed by atoms with van der Waals surface area (Å²) in [5.41, 5.74) is 1.66. The Balaban J connectivity index is 1.28. The van der Waals surface area contributed by atoms with Crippen molar-refractivity contribution in [1.29, 1.82) is 0 Å². The predicted molar refractivity (Wildman–Crippen MR) is 132 cm³/mol. The molecule has 7 nitrogen and oxygen atoms in total. The average molecular weight is 481 g/mol. The van der Waals surface area contributed by atoms with Gasteiger partial charge < -0.3 is 23.4 Å². The average Bonchev–Trinajstić information content (AvgIpc) is 3.30. The first-order valence-electron chi connectivity index (χ1n) is 12.4. The van der Waals surface area contributed by atoms with Crippen molar-refractivity contribution in [2.24, 2.45) is 0 Å². The van der Waals surface area contributed by atoms with Gasteiger partial charge in [-0.05, 0) is 50.8 Å². The van der Waals surface area contributed by atoms with E-state index in [2.05, 4.69) is 6.92 Å². The van der Waals surface area contributed by atoms with Crippen molar-refractivity contribution in [1.82, 2.24) is 0 Å². The molecule has 1 aliphatic rings. The van der Waals surface area contributed by atoms with E-state index in [1.165, 1.54) is 0 Å². The molecule has 0 radical (unpaired) electrons. The van der Waals surface area contributed by atoms with E-state index in [0.29, 0.717) is 48.7 Å². The van der Waals surface area contributed by atoms with E-state index in [-0.39, 0.29) is 18.2 Å². The van der Waals surface area contributed by atoms with E-state index in [4.69, 9.17) is 23.4 Å².